The minimum absolute atomic E-state index is 0.0169. The topological polar surface area (TPSA) is 57.7 Å². The molecule has 0 atom stereocenters. The Balaban J connectivity index is 2.50. The average molecular weight is 275 g/mol. The molecule has 92 valence electrons. The van der Waals surface area contributed by atoms with Gasteiger partial charge in [-0.3, -0.25) is 14.8 Å². The molecule has 1 aliphatic heterocycles. The van der Waals surface area contributed by atoms with E-state index in [0.717, 1.165) is 0 Å². The Bertz CT molecular complexity index is 558. The van der Waals surface area contributed by atoms with Crippen LogP contribution in [0.4, 0.5) is 5.69 Å². The van der Waals surface area contributed by atoms with Crippen molar-refractivity contribution in [2.24, 2.45) is 0 Å². The zero-order valence-corrected chi connectivity index (χ0v) is 10.7. The van der Waals surface area contributed by atoms with Gasteiger partial charge in [0.1, 0.15) is 4.90 Å². The number of hydrogen-bond acceptors (Lipinski definition) is 4. The normalized spacial score (nSPS) is 16.7. The van der Waals surface area contributed by atoms with E-state index in [1.807, 2.05) is 0 Å². The fourth-order valence-electron chi connectivity index (χ4n) is 1.81. The van der Waals surface area contributed by atoms with Gasteiger partial charge in [0.15, 0.2) is 0 Å². The lowest BCUT2D eigenvalue weighted by molar-refractivity contribution is -0.126. The lowest BCUT2D eigenvalue weighted by Crippen LogP contribution is -2.36. The van der Waals surface area contributed by atoms with E-state index in [0.29, 0.717) is 18.7 Å². The first-order valence-electron chi connectivity index (χ1n) is 4.99. The number of carbonyl (C=O) groups excluding carboxylic acids is 1. The largest absolute Gasteiger partial charge is 0.281 e. The predicted molar refractivity (Wildman–Crippen MR) is 64.2 cm³/mol. The maximum atomic E-state index is 11.4. The Morgan fingerprint density at radius 2 is 1.94 bits per heavy atom. The number of para-hydroxylation sites is 1. The van der Waals surface area contributed by atoms with Gasteiger partial charge in [-0.25, -0.2) is 8.42 Å². The number of hydrogen-bond donors (Lipinski definition) is 0. The third-order valence-corrected chi connectivity index (χ3v) is 4.04. The summed E-state index contributed by atoms with van der Waals surface area (Å²) in [7, 11) is 3.15. The Kier molecular flexibility index (Phi) is 3.01. The molecule has 5 nitrogen and oxygen atoms in total. The number of halogens is 1. The van der Waals surface area contributed by atoms with Crippen LogP contribution in [0.25, 0.3) is 0 Å². The van der Waals surface area contributed by atoms with Crippen LogP contribution in [-0.4, -0.2) is 32.9 Å². The van der Waals surface area contributed by atoms with Crippen molar-refractivity contribution in [3.63, 3.8) is 0 Å². The second-order valence-electron chi connectivity index (χ2n) is 3.70. The maximum absolute atomic E-state index is 11.4. The van der Waals surface area contributed by atoms with Crippen molar-refractivity contribution in [3.05, 3.63) is 24.3 Å². The third kappa shape index (κ3) is 2.23. The minimum atomic E-state index is -3.82. The molecule has 1 aromatic carbocycles. The zero-order chi connectivity index (χ0) is 12.6. The highest BCUT2D eigenvalue weighted by Gasteiger charge is 2.29. The summed E-state index contributed by atoms with van der Waals surface area (Å²) in [6, 6.07) is 6.35. The van der Waals surface area contributed by atoms with E-state index < -0.39 is 9.05 Å². The molecule has 0 radical (unpaired) electrons. The summed E-state index contributed by atoms with van der Waals surface area (Å²) in [5.74, 6) is -0.0493. The fraction of sp³-hybridized carbons (Fsp3) is 0.300. The number of nitrogens with zero attached hydrogens (tertiary/aromatic N) is 2. The molecule has 1 aliphatic rings. The number of rotatable bonds is 2. The van der Waals surface area contributed by atoms with Crippen LogP contribution in [0.3, 0.4) is 0 Å². The van der Waals surface area contributed by atoms with E-state index >= 15 is 0 Å². The molecule has 1 saturated heterocycles. The van der Waals surface area contributed by atoms with E-state index in [9.17, 15) is 13.2 Å². The molecule has 17 heavy (non-hydrogen) atoms. The number of hydrazine groups is 1. The number of carbonyl (C=O) groups is 1. The van der Waals surface area contributed by atoms with Crippen LogP contribution in [0, 0.1) is 0 Å². The molecular weight excluding hydrogens is 264 g/mol. The molecule has 0 aliphatic carbocycles. The first kappa shape index (κ1) is 12.2. The molecule has 0 N–H and O–H groups in total. The van der Waals surface area contributed by atoms with Crippen molar-refractivity contribution in [1.82, 2.24) is 5.01 Å². The molecule has 1 aromatic rings. The molecule has 1 fully saturated rings. The molecule has 0 aromatic heterocycles. The summed E-state index contributed by atoms with van der Waals surface area (Å²) in [5.41, 5.74) is 0.427. The predicted octanol–water partition coefficient (Wildman–Crippen LogP) is 1.20. The van der Waals surface area contributed by atoms with E-state index in [1.165, 1.54) is 11.1 Å². The lowest BCUT2D eigenvalue weighted by Gasteiger charge is -2.27. The van der Waals surface area contributed by atoms with E-state index in [4.69, 9.17) is 10.7 Å². The highest BCUT2D eigenvalue weighted by atomic mass is 35.7. The highest BCUT2D eigenvalue weighted by molar-refractivity contribution is 8.13. The number of anilines is 1. The van der Waals surface area contributed by atoms with Gasteiger partial charge in [-0.2, -0.15) is 0 Å². The summed E-state index contributed by atoms with van der Waals surface area (Å²) in [5, 5.41) is 3.01. The zero-order valence-electron chi connectivity index (χ0n) is 9.13. The smallest absolute Gasteiger partial charge is 0.263 e. The van der Waals surface area contributed by atoms with E-state index in [1.54, 1.807) is 30.3 Å². The second-order valence-corrected chi connectivity index (χ2v) is 6.23. The van der Waals surface area contributed by atoms with Gasteiger partial charge < -0.3 is 0 Å². The minimum Gasteiger partial charge on any atom is -0.281 e. The van der Waals surface area contributed by atoms with Gasteiger partial charge in [-0.1, -0.05) is 12.1 Å². The van der Waals surface area contributed by atoms with Crippen molar-refractivity contribution in [1.29, 1.82) is 0 Å². The summed E-state index contributed by atoms with van der Waals surface area (Å²) in [6.45, 7) is 0.457. The SMILES string of the molecule is CN1C(=O)CCN1c1ccccc1S(=O)(=O)Cl. The molecule has 0 saturated carbocycles. The molecule has 0 spiro atoms. The molecule has 1 amide bonds. The monoisotopic (exact) mass is 274 g/mol. The second kappa shape index (κ2) is 4.19. The van der Waals surface area contributed by atoms with Crippen LogP contribution in [-0.2, 0) is 13.8 Å². The lowest BCUT2D eigenvalue weighted by atomic mass is 10.3. The first-order chi connectivity index (χ1) is 7.91. The Morgan fingerprint density at radius 1 is 1.29 bits per heavy atom. The van der Waals surface area contributed by atoms with Gasteiger partial charge in [0.25, 0.3) is 9.05 Å². The van der Waals surface area contributed by atoms with Gasteiger partial charge in [0.05, 0.1) is 5.69 Å². The summed E-state index contributed by atoms with van der Waals surface area (Å²) >= 11 is 0. The quantitative estimate of drug-likeness (QED) is 0.761. The molecule has 0 bridgehead atoms. The van der Waals surface area contributed by atoms with Crippen LogP contribution >= 0.6 is 10.7 Å². The van der Waals surface area contributed by atoms with Gasteiger partial charge in [0, 0.05) is 30.7 Å². The average Bonchev–Trinajstić information content (AvgIpc) is 2.59. The van der Waals surface area contributed by atoms with Crippen LogP contribution in [0.5, 0.6) is 0 Å². The molecular formula is C10H11ClN2O3S. The number of amides is 1. The van der Waals surface area contributed by atoms with Gasteiger partial charge in [-0.05, 0) is 12.1 Å². The fourth-order valence-corrected chi connectivity index (χ4v) is 2.86. The van der Waals surface area contributed by atoms with Crippen molar-refractivity contribution in [2.45, 2.75) is 11.3 Å². The van der Waals surface area contributed by atoms with Crippen LogP contribution in [0.15, 0.2) is 29.2 Å². The van der Waals surface area contributed by atoms with Gasteiger partial charge in [-0.15, -0.1) is 0 Å². The van der Waals surface area contributed by atoms with Crippen LogP contribution in [0.1, 0.15) is 6.42 Å². The van der Waals surface area contributed by atoms with Crippen molar-refractivity contribution < 1.29 is 13.2 Å². The third-order valence-electron chi connectivity index (χ3n) is 2.67. The molecule has 2 rings (SSSR count). The van der Waals surface area contributed by atoms with Crippen molar-refractivity contribution >= 4 is 31.3 Å². The molecule has 0 unspecified atom stereocenters. The summed E-state index contributed by atoms with van der Waals surface area (Å²) in [4.78, 5) is 11.4. The first-order valence-corrected chi connectivity index (χ1v) is 7.30. The standard InChI is InChI=1S/C10H11ClN2O3S/c1-12-10(14)6-7-13(12)8-4-2-3-5-9(8)17(11,15)16/h2-5H,6-7H2,1H3. The van der Waals surface area contributed by atoms with Gasteiger partial charge >= 0.3 is 0 Å². The Morgan fingerprint density at radius 3 is 2.47 bits per heavy atom. The van der Waals surface area contributed by atoms with Gasteiger partial charge in [0.2, 0.25) is 5.91 Å². The molecule has 7 heteroatoms. The highest BCUT2D eigenvalue weighted by Crippen LogP contribution is 2.30. The summed E-state index contributed by atoms with van der Waals surface area (Å²) < 4.78 is 22.9. The van der Waals surface area contributed by atoms with E-state index in [2.05, 4.69) is 0 Å². The Hall–Kier alpha value is -1.27. The number of benzene rings is 1. The maximum Gasteiger partial charge on any atom is 0.263 e. The van der Waals surface area contributed by atoms with E-state index in [-0.39, 0.29) is 10.8 Å². The van der Waals surface area contributed by atoms with Crippen molar-refractivity contribution in [3.8, 4) is 0 Å². The van der Waals surface area contributed by atoms with Crippen molar-refractivity contribution in [2.75, 3.05) is 18.6 Å². The summed E-state index contributed by atoms with van der Waals surface area (Å²) in [6.07, 6.45) is 0.368. The Labute approximate surface area is 104 Å². The van der Waals surface area contributed by atoms with Crippen LogP contribution < -0.4 is 5.01 Å². The molecule has 1 heterocycles. The van der Waals surface area contributed by atoms with Crippen LogP contribution in [0.2, 0.25) is 0 Å².